The molecule has 1 heterocycles. The molecule has 0 saturated carbocycles. The summed E-state index contributed by atoms with van der Waals surface area (Å²) in [6, 6.07) is 0. The maximum absolute atomic E-state index is 11.7. The second-order valence-electron chi connectivity index (χ2n) is 4.81. The Morgan fingerprint density at radius 2 is 2.15 bits per heavy atom. The van der Waals surface area contributed by atoms with Crippen LogP contribution >= 0.6 is 0 Å². The molecule has 1 rings (SSSR count). The van der Waals surface area contributed by atoms with Gasteiger partial charge in [0, 0.05) is 18.5 Å². The molecule has 0 aromatic rings. The van der Waals surface area contributed by atoms with Gasteiger partial charge in [0.25, 0.3) is 0 Å². The topological polar surface area (TPSA) is 46.3 Å². The first-order chi connectivity index (χ1) is 5.95. The zero-order valence-electron chi connectivity index (χ0n) is 8.84. The maximum atomic E-state index is 11.7. The Hall–Kier alpha value is -0.570. The molecule has 13 heavy (non-hydrogen) atoms. The summed E-state index contributed by atoms with van der Waals surface area (Å²) >= 11 is 0. The highest BCUT2D eigenvalue weighted by Crippen LogP contribution is 2.23. The van der Waals surface area contributed by atoms with Gasteiger partial charge in [-0.05, 0) is 39.7 Å². The number of piperidine rings is 1. The predicted octanol–water partition coefficient (Wildman–Crippen LogP) is 0.982. The molecular weight excluding hydrogens is 164 g/mol. The summed E-state index contributed by atoms with van der Waals surface area (Å²) in [6.45, 7) is 7.74. The summed E-state index contributed by atoms with van der Waals surface area (Å²) in [5, 5.41) is 0. The van der Waals surface area contributed by atoms with E-state index in [1.165, 1.54) is 0 Å². The SMILES string of the molecule is CC(C)(C)N1CCC(CN)CC1=O. The first-order valence-electron chi connectivity index (χ1n) is 4.95. The highest BCUT2D eigenvalue weighted by molar-refractivity contribution is 5.78. The van der Waals surface area contributed by atoms with Gasteiger partial charge in [0.2, 0.25) is 5.91 Å². The van der Waals surface area contributed by atoms with Crippen LogP contribution in [0.25, 0.3) is 0 Å². The van der Waals surface area contributed by atoms with Crippen molar-refractivity contribution in [3.05, 3.63) is 0 Å². The maximum Gasteiger partial charge on any atom is 0.223 e. The number of rotatable bonds is 1. The molecule has 1 saturated heterocycles. The fraction of sp³-hybridized carbons (Fsp3) is 0.900. The second kappa shape index (κ2) is 3.66. The van der Waals surface area contributed by atoms with Crippen molar-refractivity contribution in [3.8, 4) is 0 Å². The fourth-order valence-corrected chi connectivity index (χ4v) is 1.81. The van der Waals surface area contributed by atoms with E-state index in [9.17, 15) is 4.79 Å². The largest absolute Gasteiger partial charge is 0.338 e. The van der Waals surface area contributed by atoms with Gasteiger partial charge in [-0.3, -0.25) is 4.79 Å². The number of hydrogen-bond acceptors (Lipinski definition) is 2. The predicted molar refractivity (Wildman–Crippen MR) is 53.2 cm³/mol. The number of carbonyl (C=O) groups excluding carboxylic acids is 1. The third-order valence-corrected chi connectivity index (χ3v) is 2.67. The lowest BCUT2D eigenvalue weighted by molar-refractivity contribution is -0.140. The van der Waals surface area contributed by atoms with Crippen molar-refractivity contribution in [2.45, 2.75) is 39.2 Å². The molecule has 0 bridgehead atoms. The number of likely N-dealkylation sites (tertiary alicyclic amines) is 1. The van der Waals surface area contributed by atoms with E-state index in [2.05, 4.69) is 20.8 Å². The van der Waals surface area contributed by atoms with E-state index in [1.54, 1.807) is 0 Å². The van der Waals surface area contributed by atoms with Crippen LogP contribution in [-0.4, -0.2) is 29.4 Å². The zero-order valence-corrected chi connectivity index (χ0v) is 8.84. The van der Waals surface area contributed by atoms with Gasteiger partial charge in [-0.15, -0.1) is 0 Å². The van der Waals surface area contributed by atoms with Crippen molar-refractivity contribution in [1.82, 2.24) is 4.90 Å². The minimum Gasteiger partial charge on any atom is -0.338 e. The zero-order chi connectivity index (χ0) is 10.1. The molecule has 0 aliphatic carbocycles. The molecule has 0 aromatic carbocycles. The van der Waals surface area contributed by atoms with Crippen LogP contribution in [0.2, 0.25) is 0 Å². The first-order valence-corrected chi connectivity index (χ1v) is 4.95. The van der Waals surface area contributed by atoms with Crippen LogP contribution < -0.4 is 5.73 Å². The standard InChI is InChI=1S/C10H20N2O/c1-10(2,3)12-5-4-8(7-11)6-9(12)13/h8H,4-7,11H2,1-3H3. The third kappa shape index (κ3) is 2.44. The summed E-state index contributed by atoms with van der Waals surface area (Å²) in [7, 11) is 0. The fourth-order valence-electron chi connectivity index (χ4n) is 1.81. The lowest BCUT2D eigenvalue weighted by Crippen LogP contribution is -2.50. The van der Waals surface area contributed by atoms with E-state index >= 15 is 0 Å². The molecule has 76 valence electrons. The molecule has 1 fully saturated rings. The second-order valence-corrected chi connectivity index (χ2v) is 4.81. The molecular formula is C10H20N2O. The van der Waals surface area contributed by atoms with Gasteiger partial charge >= 0.3 is 0 Å². The number of carbonyl (C=O) groups is 1. The van der Waals surface area contributed by atoms with Crippen molar-refractivity contribution in [3.63, 3.8) is 0 Å². The number of amides is 1. The lowest BCUT2D eigenvalue weighted by Gasteiger charge is -2.40. The van der Waals surface area contributed by atoms with E-state index < -0.39 is 0 Å². The molecule has 1 unspecified atom stereocenters. The molecule has 1 aliphatic rings. The molecule has 3 heteroatoms. The molecule has 0 aromatic heterocycles. The van der Waals surface area contributed by atoms with Crippen molar-refractivity contribution in [2.75, 3.05) is 13.1 Å². The van der Waals surface area contributed by atoms with Crippen LogP contribution in [0.15, 0.2) is 0 Å². The molecule has 1 atom stereocenters. The molecule has 1 amide bonds. The molecule has 0 radical (unpaired) electrons. The number of nitrogens with zero attached hydrogens (tertiary/aromatic N) is 1. The van der Waals surface area contributed by atoms with Gasteiger partial charge in [0.05, 0.1) is 0 Å². The summed E-state index contributed by atoms with van der Waals surface area (Å²) in [5.74, 6) is 0.667. The summed E-state index contributed by atoms with van der Waals surface area (Å²) in [6.07, 6.45) is 1.69. The van der Waals surface area contributed by atoms with Crippen molar-refractivity contribution in [2.24, 2.45) is 11.7 Å². The Labute approximate surface area is 80.3 Å². The van der Waals surface area contributed by atoms with Gasteiger partial charge in [-0.2, -0.15) is 0 Å². The minimum atomic E-state index is -0.0311. The van der Waals surface area contributed by atoms with Crippen molar-refractivity contribution >= 4 is 5.91 Å². The Morgan fingerprint density at radius 3 is 2.54 bits per heavy atom. The molecule has 3 nitrogen and oxygen atoms in total. The Kier molecular flexibility index (Phi) is 2.96. The molecule has 0 spiro atoms. The van der Waals surface area contributed by atoms with E-state index in [4.69, 9.17) is 5.73 Å². The van der Waals surface area contributed by atoms with Crippen molar-refractivity contribution < 1.29 is 4.79 Å². The van der Waals surface area contributed by atoms with Gasteiger partial charge in [-0.1, -0.05) is 0 Å². The number of nitrogens with two attached hydrogens (primary N) is 1. The van der Waals surface area contributed by atoms with Gasteiger partial charge < -0.3 is 10.6 Å². The molecule has 2 N–H and O–H groups in total. The van der Waals surface area contributed by atoms with Gasteiger partial charge in [-0.25, -0.2) is 0 Å². The number of hydrogen-bond donors (Lipinski definition) is 1. The average molecular weight is 184 g/mol. The quantitative estimate of drug-likeness (QED) is 0.660. The third-order valence-electron chi connectivity index (χ3n) is 2.67. The van der Waals surface area contributed by atoms with Crippen LogP contribution in [0.1, 0.15) is 33.6 Å². The minimum absolute atomic E-state index is 0.0311. The summed E-state index contributed by atoms with van der Waals surface area (Å²) < 4.78 is 0. The first kappa shape index (κ1) is 10.5. The Morgan fingerprint density at radius 1 is 1.54 bits per heavy atom. The van der Waals surface area contributed by atoms with E-state index in [-0.39, 0.29) is 11.4 Å². The highest BCUT2D eigenvalue weighted by atomic mass is 16.2. The van der Waals surface area contributed by atoms with Crippen LogP contribution in [0.3, 0.4) is 0 Å². The van der Waals surface area contributed by atoms with Crippen molar-refractivity contribution in [1.29, 1.82) is 0 Å². The Balaban J connectivity index is 2.59. The Bertz CT molecular complexity index is 196. The normalized spacial score (nSPS) is 25.1. The van der Waals surface area contributed by atoms with E-state index in [1.807, 2.05) is 4.90 Å². The van der Waals surface area contributed by atoms with Crippen LogP contribution in [0, 0.1) is 5.92 Å². The smallest absolute Gasteiger partial charge is 0.223 e. The monoisotopic (exact) mass is 184 g/mol. The van der Waals surface area contributed by atoms with Gasteiger partial charge in [0.15, 0.2) is 0 Å². The lowest BCUT2D eigenvalue weighted by atomic mass is 9.92. The van der Waals surface area contributed by atoms with Crippen LogP contribution in [0.4, 0.5) is 0 Å². The highest BCUT2D eigenvalue weighted by Gasteiger charge is 2.31. The summed E-state index contributed by atoms with van der Waals surface area (Å²) in [4.78, 5) is 13.6. The van der Waals surface area contributed by atoms with E-state index in [0.29, 0.717) is 18.9 Å². The molecule has 1 aliphatic heterocycles. The summed E-state index contributed by atoms with van der Waals surface area (Å²) in [5.41, 5.74) is 5.52. The average Bonchev–Trinajstić information content (AvgIpc) is 2.01. The van der Waals surface area contributed by atoms with Crippen LogP contribution in [0.5, 0.6) is 0 Å². The van der Waals surface area contributed by atoms with Crippen LogP contribution in [-0.2, 0) is 4.79 Å². The van der Waals surface area contributed by atoms with Gasteiger partial charge in [0.1, 0.15) is 0 Å². The van der Waals surface area contributed by atoms with E-state index in [0.717, 1.165) is 13.0 Å².